The zero-order chi connectivity index (χ0) is 14.8. The number of aryl methyl sites for hydroxylation is 2. The topological polar surface area (TPSA) is 20.3 Å². The molecule has 3 rings (SSSR count). The van der Waals surface area contributed by atoms with E-state index in [0.717, 1.165) is 17.9 Å². The summed E-state index contributed by atoms with van der Waals surface area (Å²) in [5, 5.41) is 0.137. The molecule has 108 valence electrons. The molecule has 0 saturated carbocycles. The van der Waals surface area contributed by atoms with Crippen LogP contribution >= 0.6 is 11.8 Å². The predicted octanol–water partition coefficient (Wildman–Crippen LogP) is 4.19. The van der Waals surface area contributed by atoms with Gasteiger partial charge in [0.2, 0.25) is 0 Å². The maximum Gasteiger partial charge on any atom is 0.255 e. The van der Waals surface area contributed by atoms with E-state index in [2.05, 4.69) is 32.0 Å². The van der Waals surface area contributed by atoms with Crippen molar-refractivity contribution in [1.29, 1.82) is 0 Å². The molecule has 2 aromatic carbocycles. The highest BCUT2D eigenvalue weighted by atomic mass is 32.2. The van der Waals surface area contributed by atoms with Gasteiger partial charge in [0.1, 0.15) is 5.37 Å². The second-order valence-electron chi connectivity index (χ2n) is 5.45. The van der Waals surface area contributed by atoms with Gasteiger partial charge in [-0.15, -0.1) is 11.8 Å². The monoisotopic (exact) mass is 297 g/mol. The maximum absolute atomic E-state index is 12.7. The summed E-state index contributed by atoms with van der Waals surface area (Å²) in [7, 11) is 0. The van der Waals surface area contributed by atoms with Gasteiger partial charge in [0.05, 0.1) is 0 Å². The van der Waals surface area contributed by atoms with Gasteiger partial charge in [-0.2, -0.15) is 0 Å². The Hall–Kier alpha value is -1.74. The lowest BCUT2D eigenvalue weighted by Crippen LogP contribution is -2.30. The highest BCUT2D eigenvalue weighted by Crippen LogP contribution is 2.40. The Balaban J connectivity index is 1.91. The van der Waals surface area contributed by atoms with E-state index in [1.165, 1.54) is 16.7 Å². The van der Waals surface area contributed by atoms with Crippen molar-refractivity contribution in [3.8, 4) is 0 Å². The van der Waals surface area contributed by atoms with Crippen LogP contribution in [-0.2, 0) is 0 Å². The molecule has 1 fully saturated rings. The summed E-state index contributed by atoms with van der Waals surface area (Å²) in [6, 6.07) is 16.1. The third-order valence-corrected chi connectivity index (χ3v) is 5.11. The van der Waals surface area contributed by atoms with Crippen molar-refractivity contribution in [3.63, 3.8) is 0 Å². The molecule has 0 aliphatic carbocycles. The van der Waals surface area contributed by atoms with Crippen LogP contribution < -0.4 is 0 Å². The molecule has 1 atom stereocenters. The van der Waals surface area contributed by atoms with Gasteiger partial charge >= 0.3 is 0 Å². The van der Waals surface area contributed by atoms with Gasteiger partial charge < -0.3 is 4.90 Å². The summed E-state index contributed by atoms with van der Waals surface area (Å²) in [4.78, 5) is 14.7. The van der Waals surface area contributed by atoms with Crippen LogP contribution in [0, 0.1) is 13.8 Å². The van der Waals surface area contributed by atoms with Gasteiger partial charge in [0, 0.05) is 17.9 Å². The van der Waals surface area contributed by atoms with Gasteiger partial charge in [-0.25, -0.2) is 0 Å². The van der Waals surface area contributed by atoms with Crippen molar-refractivity contribution in [2.24, 2.45) is 0 Å². The van der Waals surface area contributed by atoms with E-state index >= 15 is 0 Å². The minimum atomic E-state index is 0.130. The second-order valence-corrected chi connectivity index (χ2v) is 6.64. The first-order valence-corrected chi connectivity index (χ1v) is 8.26. The average Bonchev–Trinajstić information content (AvgIpc) is 2.96. The number of benzene rings is 2. The Morgan fingerprint density at radius 2 is 1.90 bits per heavy atom. The van der Waals surface area contributed by atoms with Crippen LogP contribution in [0.1, 0.15) is 32.4 Å². The Morgan fingerprint density at radius 1 is 1.14 bits per heavy atom. The van der Waals surface area contributed by atoms with Crippen molar-refractivity contribution in [2.45, 2.75) is 19.2 Å². The molecule has 2 aromatic rings. The van der Waals surface area contributed by atoms with Crippen molar-refractivity contribution in [1.82, 2.24) is 4.90 Å². The quantitative estimate of drug-likeness (QED) is 0.828. The van der Waals surface area contributed by atoms with Crippen molar-refractivity contribution in [2.75, 3.05) is 12.3 Å². The molecular formula is C18H19NOS. The van der Waals surface area contributed by atoms with E-state index in [0.29, 0.717) is 0 Å². The molecule has 0 bridgehead atoms. The minimum absolute atomic E-state index is 0.130. The number of amides is 1. The van der Waals surface area contributed by atoms with Gasteiger partial charge in [-0.3, -0.25) is 4.79 Å². The molecule has 1 saturated heterocycles. The van der Waals surface area contributed by atoms with Crippen molar-refractivity contribution >= 4 is 17.7 Å². The van der Waals surface area contributed by atoms with Crippen LogP contribution in [0.25, 0.3) is 0 Å². The molecule has 1 aliphatic rings. The lowest BCUT2D eigenvalue weighted by Gasteiger charge is -2.25. The Kier molecular flexibility index (Phi) is 4.02. The summed E-state index contributed by atoms with van der Waals surface area (Å²) in [5.41, 5.74) is 4.56. The van der Waals surface area contributed by atoms with Crippen LogP contribution in [0.3, 0.4) is 0 Å². The van der Waals surface area contributed by atoms with Crippen LogP contribution in [0.2, 0.25) is 0 Å². The smallest absolute Gasteiger partial charge is 0.255 e. The van der Waals surface area contributed by atoms with Gasteiger partial charge in [-0.1, -0.05) is 42.0 Å². The SMILES string of the molecule is Cc1ccc(C2SCCN2C(=O)c2ccccc2)c(C)c1. The molecule has 2 nitrogen and oxygen atoms in total. The minimum Gasteiger partial charge on any atom is -0.322 e. The lowest BCUT2D eigenvalue weighted by atomic mass is 10.0. The Bertz CT molecular complexity index is 654. The summed E-state index contributed by atoms with van der Waals surface area (Å²) in [6.07, 6.45) is 0. The summed E-state index contributed by atoms with van der Waals surface area (Å²) < 4.78 is 0. The van der Waals surface area contributed by atoms with E-state index in [1.807, 2.05) is 47.0 Å². The molecule has 1 amide bonds. The number of carbonyl (C=O) groups is 1. The fourth-order valence-corrected chi connectivity index (χ4v) is 4.14. The van der Waals surface area contributed by atoms with Crippen LogP contribution in [0.15, 0.2) is 48.5 Å². The molecular weight excluding hydrogens is 278 g/mol. The van der Waals surface area contributed by atoms with Gasteiger partial charge in [0.15, 0.2) is 0 Å². The van der Waals surface area contributed by atoms with Crippen molar-refractivity contribution in [3.05, 3.63) is 70.8 Å². The van der Waals surface area contributed by atoms with E-state index < -0.39 is 0 Å². The van der Waals surface area contributed by atoms with E-state index in [9.17, 15) is 4.79 Å². The predicted molar refractivity (Wildman–Crippen MR) is 88.6 cm³/mol. The fraction of sp³-hybridized carbons (Fsp3) is 0.278. The fourth-order valence-electron chi connectivity index (χ4n) is 2.78. The zero-order valence-corrected chi connectivity index (χ0v) is 13.2. The standard InChI is InChI=1S/C18H19NOS/c1-13-8-9-16(14(2)12-13)18-19(10-11-21-18)17(20)15-6-4-3-5-7-15/h3-9,12,18H,10-11H2,1-2H3. The first-order valence-electron chi connectivity index (χ1n) is 7.21. The lowest BCUT2D eigenvalue weighted by molar-refractivity contribution is 0.0760. The number of carbonyl (C=O) groups excluding carboxylic acids is 1. The molecule has 0 N–H and O–H groups in total. The molecule has 3 heteroatoms. The molecule has 1 aliphatic heterocycles. The van der Waals surface area contributed by atoms with E-state index in [4.69, 9.17) is 0 Å². The van der Waals surface area contributed by atoms with Gasteiger partial charge in [0.25, 0.3) is 5.91 Å². The number of nitrogens with zero attached hydrogens (tertiary/aromatic N) is 1. The van der Waals surface area contributed by atoms with Crippen LogP contribution in [0.5, 0.6) is 0 Å². The number of thioether (sulfide) groups is 1. The molecule has 0 aromatic heterocycles. The Labute approximate surface area is 130 Å². The molecule has 1 heterocycles. The maximum atomic E-state index is 12.7. The van der Waals surface area contributed by atoms with Gasteiger partial charge in [-0.05, 0) is 37.1 Å². The third kappa shape index (κ3) is 2.84. The van der Waals surface area contributed by atoms with Crippen LogP contribution in [-0.4, -0.2) is 23.1 Å². The van der Waals surface area contributed by atoms with E-state index in [-0.39, 0.29) is 11.3 Å². The number of rotatable bonds is 2. The number of hydrogen-bond donors (Lipinski definition) is 0. The molecule has 0 radical (unpaired) electrons. The molecule has 1 unspecified atom stereocenters. The van der Waals surface area contributed by atoms with Crippen molar-refractivity contribution < 1.29 is 4.79 Å². The molecule has 0 spiro atoms. The Morgan fingerprint density at radius 3 is 2.62 bits per heavy atom. The average molecular weight is 297 g/mol. The third-order valence-electron chi connectivity index (χ3n) is 3.86. The largest absolute Gasteiger partial charge is 0.322 e. The zero-order valence-electron chi connectivity index (χ0n) is 12.4. The highest BCUT2D eigenvalue weighted by molar-refractivity contribution is 7.99. The first kappa shape index (κ1) is 14.2. The summed E-state index contributed by atoms with van der Waals surface area (Å²) >= 11 is 1.85. The molecule has 21 heavy (non-hydrogen) atoms. The normalized spacial score (nSPS) is 18.0. The highest BCUT2D eigenvalue weighted by Gasteiger charge is 2.31. The number of hydrogen-bond acceptors (Lipinski definition) is 2. The summed E-state index contributed by atoms with van der Waals surface area (Å²) in [5.74, 6) is 1.13. The van der Waals surface area contributed by atoms with Crippen LogP contribution in [0.4, 0.5) is 0 Å². The summed E-state index contributed by atoms with van der Waals surface area (Å²) in [6.45, 7) is 5.05. The first-order chi connectivity index (χ1) is 10.2. The van der Waals surface area contributed by atoms with E-state index in [1.54, 1.807) is 0 Å². The second kappa shape index (κ2) is 5.94.